The third-order valence-electron chi connectivity index (χ3n) is 4.10. The lowest BCUT2D eigenvalue weighted by molar-refractivity contribution is -0.0985. The van der Waals surface area contributed by atoms with Gasteiger partial charge in [-0.2, -0.15) is 0 Å². The summed E-state index contributed by atoms with van der Waals surface area (Å²) in [5, 5.41) is 8.94. The van der Waals surface area contributed by atoms with Crippen LogP contribution >= 0.6 is 0 Å². The van der Waals surface area contributed by atoms with Crippen molar-refractivity contribution in [1.29, 1.82) is 0 Å². The lowest BCUT2D eigenvalue weighted by Gasteiger charge is -2.21. The molecule has 0 fully saturated rings. The topological polar surface area (TPSA) is 66.4 Å². The summed E-state index contributed by atoms with van der Waals surface area (Å²) in [4.78, 5) is 0. The van der Waals surface area contributed by atoms with Crippen LogP contribution in [0.2, 0.25) is 0 Å². The van der Waals surface area contributed by atoms with Crippen molar-refractivity contribution in [3.8, 4) is 0 Å². The number of ether oxygens (including phenoxy) is 5. The van der Waals surface area contributed by atoms with Gasteiger partial charge in [0.05, 0.1) is 70.2 Å². The van der Waals surface area contributed by atoms with Gasteiger partial charge >= 0.3 is 0 Å². The van der Waals surface area contributed by atoms with Gasteiger partial charge in [-0.25, -0.2) is 0 Å². The van der Waals surface area contributed by atoms with Gasteiger partial charge in [0.2, 0.25) is 0 Å². The van der Waals surface area contributed by atoms with Gasteiger partial charge in [-0.3, -0.25) is 0 Å². The summed E-state index contributed by atoms with van der Waals surface area (Å²) >= 11 is 0. The molecule has 1 aromatic carbocycles. The standard InChI is InChI=1S/C22H38O6/c1-17(11-23)24-12-18(2)25-13-19(3)26-14-20(4)27-15-21(5)28-16-22-9-7-6-8-10-22/h6-10,17-21,23H,11-16H2,1-5H3. The van der Waals surface area contributed by atoms with E-state index in [2.05, 4.69) is 0 Å². The van der Waals surface area contributed by atoms with Crippen molar-refractivity contribution in [3.63, 3.8) is 0 Å². The first kappa shape index (κ1) is 25.0. The molecule has 5 atom stereocenters. The Morgan fingerprint density at radius 1 is 0.607 bits per heavy atom. The molecular weight excluding hydrogens is 360 g/mol. The second-order valence-corrected chi connectivity index (χ2v) is 7.37. The Hall–Kier alpha value is -1.02. The molecular formula is C22H38O6. The van der Waals surface area contributed by atoms with E-state index in [0.717, 1.165) is 5.56 Å². The quantitative estimate of drug-likeness (QED) is 0.461. The Morgan fingerprint density at radius 2 is 1.00 bits per heavy atom. The van der Waals surface area contributed by atoms with Gasteiger partial charge in [0.1, 0.15) is 0 Å². The average molecular weight is 399 g/mol. The SMILES string of the molecule is CC(CO)OCC(C)OCC(C)OCC(C)OCC(C)OCc1ccccc1. The second-order valence-electron chi connectivity index (χ2n) is 7.37. The zero-order valence-corrected chi connectivity index (χ0v) is 18.0. The fourth-order valence-corrected chi connectivity index (χ4v) is 2.26. The molecule has 1 aromatic rings. The van der Waals surface area contributed by atoms with E-state index in [1.54, 1.807) is 0 Å². The van der Waals surface area contributed by atoms with Crippen molar-refractivity contribution < 1.29 is 28.8 Å². The van der Waals surface area contributed by atoms with Crippen LogP contribution in [0.5, 0.6) is 0 Å². The van der Waals surface area contributed by atoms with Crippen molar-refractivity contribution in [3.05, 3.63) is 35.9 Å². The summed E-state index contributed by atoms with van der Waals surface area (Å²) < 4.78 is 28.6. The fourth-order valence-electron chi connectivity index (χ4n) is 2.26. The van der Waals surface area contributed by atoms with E-state index in [-0.39, 0.29) is 37.1 Å². The number of hydrogen-bond donors (Lipinski definition) is 1. The van der Waals surface area contributed by atoms with Crippen molar-refractivity contribution in [2.45, 2.75) is 71.7 Å². The Labute approximate surface area is 170 Å². The van der Waals surface area contributed by atoms with Gasteiger partial charge in [0, 0.05) is 0 Å². The summed E-state index contributed by atoms with van der Waals surface area (Å²) in [5.74, 6) is 0. The maximum absolute atomic E-state index is 8.94. The molecule has 0 aliphatic heterocycles. The predicted octanol–water partition coefficient (Wildman–Crippen LogP) is 3.20. The van der Waals surface area contributed by atoms with Gasteiger partial charge in [0.15, 0.2) is 0 Å². The summed E-state index contributed by atoms with van der Waals surface area (Å²) in [6.45, 7) is 12.3. The molecule has 6 heteroatoms. The zero-order valence-electron chi connectivity index (χ0n) is 18.0. The highest BCUT2D eigenvalue weighted by molar-refractivity contribution is 5.13. The van der Waals surface area contributed by atoms with Crippen LogP contribution in [0.3, 0.4) is 0 Å². The van der Waals surface area contributed by atoms with Crippen LogP contribution in [-0.4, -0.2) is 68.7 Å². The molecule has 0 spiro atoms. The maximum atomic E-state index is 8.94. The molecule has 1 rings (SSSR count). The highest BCUT2D eigenvalue weighted by atomic mass is 16.6. The molecule has 0 saturated heterocycles. The largest absolute Gasteiger partial charge is 0.394 e. The van der Waals surface area contributed by atoms with Gasteiger partial charge in [-0.15, -0.1) is 0 Å². The Bertz CT molecular complexity index is 483. The number of aliphatic hydroxyl groups is 1. The van der Waals surface area contributed by atoms with Crippen LogP contribution in [0, 0.1) is 0 Å². The molecule has 0 aliphatic rings. The number of rotatable bonds is 16. The molecule has 0 saturated carbocycles. The van der Waals surface area contributed by atoms with Gasteiger partial charge in [0.25, 0.3) is 0 Å². The van der Waals surface area contributed by atoms with Crippen LogP contribution in [-0.2, 0) is 30.3 Å². The normalized spacial score (nSPS) is 17.1. The van der Waals surface area contributed by atoms with E-state index in [4.69, 9.17) is 28.8 Å². The minimum atomic E-state index is -0.170. The molecule has 6 nitrogen and oxygen atoms in total. The first-order valence-corrected chi connectivity index (χ1v) is 10.1. The van der Waals surface area contributed by atoms with E-state index in [1.165, 1.54) is 0 Å². The van der Waals surface area contributed by atoms with Crippen LogP contribution in [0.4, 0.5) is 0 Å². The zero-order chi connectivity index (χ0) is 20.8. The molecule has 5 unspecified atom stereocenters. The minimum absolute atomic E-state index is 0.0139. The third-order valence-corrected chi connectivity index (χ3v) is 4.10. The molecule has 162 valence electrons. The summed E-state index contributed by atoms with van der Waals surface area (Å²) in [6.07, 6.45) is -0.245. The Morgan fingerprint density at radius 3 is 1.43 bits per heavy atom. The average Bonchev–Trinajstić information content (AvgIpc) is 2.72. The first-order valence-electron chi connectivity index (χ1n) is 10.1. The van der Waals surface area contributed by atoms with Crippen LogP contribution in [0.1, 0.15) is 40.2 Å². The maximum Gasteiger partial charge on any atom is 0.0785 e. The van der Waals surface area contributed by atoms with Crippen molar-refractivity contribution in [1.82, 2.24) is 0 Å². The van der Waals surface area contributed by atoms with Crippen molar-refractivity contribution in [2.75, 3.05) is 33.0 Å². The predicted molar refractivity (Wildman–Crippen MR) is 109 cm³/mol. The molecule has 0 amide bonds. The van der Waals surface area contributed by atoms with Gasteiger partial charge in [-0.1, -0.05) is 30.3 Å². The van der Waals surface area contributed by atoms with Crippen molar-refractivity contribution >= 4 is 0 Å². The number of aliphatic hydroxyl groups excluding tert-OH is 1. The highest BCUT2D eigenvalue weighted by Gasteiger charge is 2.12. The lowest BCUT2D eigenvalue weighted by Crippen LogP contribution is -2.29. The molecule has 0 aliphatic carbocycles. The molecule has 0 aromatic heterocycles. The molecule has 0 bridgehead atoms. The number of hydrogen-bond acceptors (Lipinski definition) is 6. The van der Waals surface area contributed by atoms with E-state index >= 15 is 0 Å². The molecule has 28 heavy (non-hydrogen) atoms. The summed E-state index contributed by atoms with van der Waals surface area (Å²) in [6, 6.07) is 10.1. The van der Waals surface area contributed by atoms with Crippen LogP contribution in [0.15, 0.2) is 30.3 Å². The lowest BCUT2D eigenvalue weighted by atomic mass is 10.2. The van der Waals surface area contributed by atoms with E-state index in [9.17, 15) is 0 Å². The summed E-state index contributed by atoms with van der Waals surface area (Å²) in [5.41, 5.74) is 1.16. The Kier molecular flexibility index (Phi) is 13.3. The smallest absolute Gasteiger partial charge is 0.0785 e. The number of benzene rings is 1. The van der Waals surface area contributed by atoms with E-state index < -0.39 is 0 Å². The Balaban J connectivity index is 2.07. The second kappa shape index (κ2) is 14.9. The van der Waals surface area contributed by atoms with E-state index in [1.807, 2.05) is 65.0 Å². The monoisotopic (exact) mass is 398 g/mol. The third kappa shape index (κ3) is 12.4. The first-order chi connectivity index (χ1) is 13.4. The molecule has 0 heterocycles. The fraction of sp³-hybridized carbons (Fsp3) is 0.727. The summed E-state index contributed by atoms with van der Waals surface area (Å²) in [7, 11) is 0. The minimum Gasteiger partial charge on any atom is -0.394 e. The van der Waals surface area contributed by atoms with Crippen LogP contribution in [0.25, 0.3) is 0 Å². The van der Waals surface area contributed by atoms with E-state index in [0.29, 0.717) is 33.0 Å². The molecule has 1 N–H and O–H groups in total. The van der Waals surface area contributed by atoms with Crippen molar-refractivity contribution in [2.24, 2.45) is 0 Å². The van der Waals surface area contributed by atoms with Gasteiger partial charge < -0.3 is 28.8 Å². The molecule has 0 radical (unpaired) electrons. The van der Waals surface area contributed by atoms with Crippen LogP contribution < -0.4 is 0 Å². The van der Waals surface area contributed by atoms with Gasteiger partial charge in [-0.05, 0) is 40.2 Å². The highest BCUT2D eigenvalue weighted by Crippen LogP contribution is 2.06.